The average Bonchev–Trinajstić information content (AvgIpc) is 3.00. The molecule has 0 amide bonds. The van der Waals surface area contributed by atoms with Gasteiger partial charge in [0.25, 0.3) is 0 Å². The van der Waals surface area contributed by atoms with E-state index in [4.69, 9.17) is 11.6 Å². The molecule has 1 aliphatic heterocycles. The van der Waals surface area contributed by atoms with Gasteiger partial charge in [0.2, 0.25) is 10.0 Å². The summed E-state index contributed by atoms with van der Waals surface area (Å²) in [5, 5.41) is 0. The summed E-state index contributed by atoms with van der Waals surface area (Å²) in [6.45, 7) is 1.37. The average molecular weight is 385 g/mol. The van der Waals surface area contributed by atoms with E-state index in [-0.39, 0.29) is 0 Å². The molecule has 0 spiro atoms. The quantitative estimate of drug-likeness (QED) is 0.746. The molecule has 0 N–H and O–H groups in total. The Hall–Kier alpha value is 0.380. The number of thiophene rings is 1. The normalized spacial score (nSPS) is 27.9. The fourth-order valence-electron chi connectivity index (χ4n) is 3.17. The van der Waals surface area contributed by atoms with Crippen molar-refractivity contribution in [3.05, 3.63) is 14.7 Å². The molecule has 19 heavy (non-hydrogen) atoms. The fraction of sp³-hybridized carbons (Fsp3) is 0.667. The summed E-state index contributed by atoms with van der Waals surface area (Å²) in [5.74, 6) is 1.49. The van der Waals surface area contributed by atoms with Crippen LogP contribution in [0.1, 0.15) is 24.1 Å². The first-order valence-electron chi connectivity index (χ1n) is 6.36. The van der Waals surface area contributed by atoms with E-state index in [1.54, 1.807) is 10.4 Å². The van der Waals surface area contributed by atoms with Crippen molar-refractivity contribution in [3.63, 3.8) is 0 Å². The van der Waals surface area contributed by atoms with E-state index >= 15 is 0 Å². The predicted octanol–water partition coefficient (Wildman–Crippen LogP) is 3.67. The molecule has 2 unspecified atom stereocenters. The molecule has 1 aromatic heterocycles. The number of rotatable bonds is 3. The van der Waals surface area contributed by atoms with Crippen LogP contribution in [0.4, 0.5) is 0 Å². The number of sulfonamides is 1. The van der Waals surface area contributed by atoms with Gasteiger partial charge in [-0.15, -0.1) is 22.9 Å². The molecular formula is C12H15BrClNO2S2. The van der Waals surface area contributed by atoms with Gasteiger partial charge in [0.05, 0.1) is 9.67 Å². The molecule has 2 aliphatic rings. The van der Waals surface area contributed by atoms with Crippen LogP contribution < -0.4 is 0 Å². The summed E-state index contributed by atoms with van der Waals surface area (Å²) in [6.07, 6.45) is 3.60. The zero-order valence-electron chi connectivity index (χ0n) is 10.3. The van der Waals surface area contributed by atoms with Crippen LogP contribution in [0.3, 0.4) is 0 Å². The van der Waals surface area contributed by atoms with Crippen molar-refractivity contribution < 1.29 is 8.42 Å². The Morgan fingerprint density at radius 3 is 2.53 bits per heavy atom. The maximum atomic E-state index is 12.7. The third kappa shape index (κ3) is 2.50. The highest BCUT2D eigenvalue weighted by atomic mass is 79.9. The maximum absolute atomic E-state index is 12.7. The minimum absolute atomic E-state index is 0.351. The summed E-state index contributed by atoms with van der Waals surface area (Å²) >= 11 is 10.5. The Balaban J connectivity index is 1.88. The topological polar surface area (TPSA) is 37.4 Å². The summed E-state index contributed by atoms with van der Waals surface area (Å²) in [6, 6.07) is 1.70. The van der Waals surface area contributed by atoms with Gasteiger partial charge < -0.3 is 0 Å². The first kappa shape index (κ1) is 14.3. The molecule has 7 heteroatoms. The van der Waals surface area contributed by atoms with E-state index in [0.717, 1.165) is 4.88 Å². The number of hydrogen-bond acceptors (Lipinski definition) is 3. The van der Waals surface area contributed by atoms with Crippen LogP contribution in [-0.2, 0) is 15.9 Å². The molecule has 2 atom stereocenters. The Labute approximate surface area is 131 Å². The molecule has 0 aromatic carbocycles. The van der Waals surface area contributed by atoms with Crippen LogP contribution in [0.5, 0.6) is 0 Å². The second-order valence-corrected chi connectivity index (χ2v) is 9.89. The first-order valence-corrected chi connectivity index (χ1v) is 9.95. The van der Waals surface area contributed by atoms with Gasteiger partial charge in [-0.2, -0.15) is 4.31 Å². The van der Waals surface area contributed by atoms with Crippen molar-refractivity contribution in [2.45, 2.75) is 30.0 Å². The second-order valence-electron chi connectivity index (χ2n) is 5.26. The minimum Gasteiger partial charge on any atom is -0.207 e. The summed E-state index contributed by atoms with van der Waals surface area (Å²) < 4.78 is 27.7. The highest BCUT2D eigenvalue weighted by Crippen LogP contribution is 2.41. The molecule has 1 saturated heterocycles. The van der Waals surface area contributed by atoms with Crippen molar-refractivity contribution in [2.75, 3.05) is 13.1 Å². The molecule has 1 aliphatic carbocycles. The minimum atomic E-state index is -3.36. The SMILES string of the molecule is O=S(=O)(c1cc(CCl)sc1Br)N1CC2CCCC2C1. The lowest BCUT2D eigenvalue weighted by Gasteiger charge is -2.16. The smallest absolute Gasteiger partial charge is 0.207 e. The molecule has 2 fully saturated rings. The third-order valence-corrected chi connectivity index (χ3v) is 8.68. The number of halogens is 2. The lowest BCUT2D eigenvalue weighted by molar-refractivity contribution is 0.445. The third-order valence-electron chi connectivity index (χ3n) is 4.15. The number of alkyl halides is 1. The van der Waals surface area contributed by atoms with Crippen molar-refractivity contribution in [2.24, 2.45) is 11.8 Å². The first-order chi connectivity index (χ1) is 9.02. The Morgan fingerprint density at radius 1 is 1.37 bits per heavy atom. The molecule has 106 valence electrons. The molecule has 3 nitrogen and oxygen atoms in total. The largest absolute Gasteiger partial charge is 0.245 e. The molecule has 0 radical (unpaired) electrons. The summed E-state index contributed by atoms with van der Waals surface area (Å²) in [5.41, 5.74) is 0. The van der Waals surface area contributed by atoms with Gasteiger partial charge >= 0.3 is 0 Å². The van der Waals surface area contributed by atoms with E-state index in [0.29, 0.717) is 39.5 Å². The lowest BCUT2D eigenvalue weighted by atomic mass is 10.0. The number of hydrogen-bond donors (Lipinski definition) is 0. The summed E-state index contributed by atoms with van der Waals surface area (Å²) in [4.78, 5) is 1.26. The maximum Gasteiger partial charge on any atom is 0.245 e. The Kier molecular flexibility index (Phi) is 3.99. The van der Waals surface area contributed by atoms with E-state index in [1.807, 2.05) is 0 Å². The lowest BCUT2D eigenvalue weighted by Crippen LogP contribution is -2.29. The molecule has 0 bridgehead atoms. The van der Waals surface area contributed by atoms with E-state index in [9.17, 15) is 8.42 Å². The molecule has 1 saturated carbocycles. The van der Waals surface area contributed by atoms with E-state index in [2.05, 4.69) is 15.9 Å². The van der Waals surface area contributed by atoms with Gasteiger partial charge in [-0.3, -0.25) is 0 Å². The Morgan fingerprint density at radius 2 is 2.00 bits per heavy atom. The van der Waals surface area contributed by atoms with Gasteiger partial charge in [-0.1, -0.05) is 6.42 Å². The van der Waals surface area contributed by atoms with Crippen LogP contribution in [0.2, 0.25) is 0 Å². The van der Waals surface area contributed by atoms with Crippen molar-refractivity contribution >= 4 is 48.9 Å². The van der Waals surface area contributed by atoms with Gasteiger partial charge in [0.1, 0.15) is 4.90 Å². The van der Waals surface area contributed by atoms with Gasteiger partial charge in [-0.25, -0.2) is 8.42 Å². The molecule has 2 heterocycles. The Bertz CT molecular complexity index is 575. The van der Waals surface area contributed by atoms with Crippen LogP contribution in [0.25, 0.3) is 0 Å². The van der Waals surface area contributed by atoms with E-state index in [1.165, 1.54) is 30.6 Å². The predicted molar refractivity (Wildman–Crippen MR) is 81.2 cm³/mol. The van der Waals surface area contributed by atoms with Crippen molar-refractivity contribution in [3.8, 4) is 0 Å². The van der Waals surface area contributed by atoms with E-state index < -0.39 is 10.0 Å². The molecule has 3 rings (SSSR count). The van der Waals surface area contributed by atoms with Crippen molar-refractivity contribution in [1.29, 1.82) is 0 Å². The van der Waals surface area contributed by atoms with Gasteiger partial charge in [0, 0.05) is 18.0 Å². The zero-order chi connectivity index (χ0) is 13.6. The van der Waals surface area contributed by atoms with Crippen LogP contribution in [-0.4, -0.2) is 25.8 Å². The highest BCUT2D eigenvalue weighted by molar-refractivity contribution is 9.11. The van der Waals surface area contributed by atoms with Gasteiger partial charge in [0.15, 0.2) is 0 Å². The van der Waals surface area contributed by atoms with Crippen LogP contribution >= 0.6 is 38.9 Å². The fourth-order valence-corrected chi connectivity index (χ4v) is 7.44. The monoisotopic (exact) mass is 383 g/mol. The highest BCUT2D eigenvalue weighted by Gasteiger charge is 2.42. The molecule has 1 aromatic rings. The van der Waals surface area contributed by atoms with Crippen LogP contribution in [0, 0.1) is 11.8 Å². The number of nitrogens with zero attached hydrogens (tertiary/aromatic N) is 1. The zero-order valence-corrected chi connectivity index (χ0v) is 14.3. The summed E-state index contributed by atoms with van der Waals surface area (Å²) in [7, 11) is -3.36. The van der Waals surface area contributed by atoms with Crippen LogP contribution in [0.15, 0.2) is 14.7 Å². The number of fused-ring (bicyclic) bond motifs is 1. The standard InChI is InChI=1S/C12H15BrClNO2S2/c13-12-11(4-10(5-14)18-12)19(16,17)15-6-8-2-1-3-9(8)7-15/h4,8-9H,1-3,5-7H2. The van der Waals surface area contributed by atoms with Gasteiger partial charge in [-0.05, 0) is 46.7 Å². The molecular weight excluding hydrogens is 370 g/mol. The van der Waals surface area contributed by atoms with Crippen molar-refractivity contribution in [1.82, 2.24) is 4.31 Å². The second kappa shape index (κ2) is 5.30.